The molecule has 2 atom stereocenters. The highest BCUT2D eigenvalue weighted by Crippen LogP contribution is 2.23. The molecule has 2 amide bonds. The third kappa shape index (κ3) is 4.21. The van der Waals surface area contributed by atoms with Crippen LogP contribution in [0.3, 0.4) is 0 Å². The predicted octanol–water partition coefficient (Wildman–Crippen LogP) is 1.00. The quantitative estimate of drug-likeness (QED) is 0.824. The van der Waals surface area contributed by atoms with Crippen LogP contribution >= 0.6 is 0 Å². The van der Waals surface area contributed by atoms with Gasteiger partial charge in [-0.15, -0.1) is 0 Å². The van der Waals surface area contributed by atoms with Crippen molar-refractivity contribution in [1.82, 2.24) is 9.80 Å². The van der Waals surface area contributed by atoms with Crippen LogP contribution in [0.1, 0.15) is 30.1 Å². The maximum Gasteiger partial charge on any atom is 0.332 e. The van der Waals surface area contributed by atoms with E-state index in [2.05, 4.69) is 0 Å². The fourth-order valence-corrected chi connectivity index (χ4v) is 3.43. The minimum Gasteiger partial charge on any atom is -0.493 e. The van der Waals surface area contributed by atoms with Gasteiger partial charge in [-0.3, -0.25) is 9.59 Å². The molecule has 0 radical (unpaired) electrons. The van der Waals surface area contributed by atoms with Gasteiger partial charge in [-0.1, -0.05) is 12.1 Å². The predicted molar refractivity (Wildman–Crippen MR) is 95.6 cm³/mol. The van der Waals surface area contributed by atoms with E-state index >= 15 is 0 Å². The lowest BCUT2D eigenvalue weighted by atomic mass is 10.1. The Hall–Kier alpha value is -2.61. The van der Waals surface area contributed by atoms with E-state index < -0.39 is 18.2 Å². The number of hydrogen-bond acceptors (Lipinski definition) is 5. The van der Waals surface area contributed by atoms with Crippen LogP contribution in [-0.2, 0) is 14.3 Å². The van der Waals surface area contributed by atoms with Crippen molar-refractivity contribution < 1.29 is 29.0 Å². The van der Waals surface area contributed by atoms with Gasteiger partial charge in [-0.25, -0.2) is 4.79 Å². The van der Waals surface area contributed by atoms with Crippen LogP contribution in [0, 0.1) is 0 Å². The summed E-state index contributed by atoms with van der Waals surface area (Å²) in [5, 5.41) is 8.98. The standard InChI is InChI=1S/C19H24N2O6/c1-2-26-14-6-4-3-5-13(14)17(22)20-9-11-21(12-10-20)18(23)15-7-8-16(27-15)19(24)25/h3-6,15-16H,2,7-12H2,1H3,(H,24,25)/t15-,16+/m0/s1. The summed E-state index contributed by atoms with van der Waals surface area (Å²) in [6.45, 7) is 3.98. The van der Waals surface area contributed by atoms with Crippen LogP contribution in [0.15, 0.2) is 24.3 Å². The second-order valence-corrected chi connectivity index (χ2v) is 6.58. The summed E-state index contributed by atoms with van der Waals surface area (Å²) in [5.41, 5.74) is 0.516. The fraction of sp³-hybridized carbons (Fsp3) is 0.526. The van der Waals surface area contributed by atoms with E-state index in [0.29, 0.717) is 56.9 Å². The van der Waals surface area contributed by atoms with E-state index in [1.54, 1.807) is 28.0 Å². The monoisotopic (exact) mass is 376 g/mol. The molecular weight excluding hydrogens is 352 g/mol. The zero-order valence-electron chi connectivity index (χ0n) is 15.3. The van der Waals surface area contributed by atoms with Gasteiger partial charge in [0.25, 0.3) is 11.8 Å². The molecule has 8 heteroatoms. The topological polar surface area (TPSA) is 96.4 Å². The van der Waals surface area contributed by atoms with Gasteiger partial charge in [0.1, 0.15) is 11.9 Å². The van der Waals surface area contributed by atoms with E-state index in [1.165, 1.54) is 0 Å². The first-order valence-electron chi connectivity index (χ1n) is 9.19. The number of piperazine rings is 1. The summed E-state index contributed by atoms with van der Waals surface area (Å²) in [6, 6.07) is 7.13. The van der Waals surface area contributed by atoms with E-state index in [9.17, 15) is 14.4 Å². The number of carboxylic acid groups (broad SMARTS) is 1. The van der Waals surface area contributed by atoms with Gasteiger partial charge in [0.2, 0.25) is 0 Å². The van der Waals surface area contributed by atoms with Gasteiger partial charge >= 0.3 is 5.97 Å². The third-order valence-electron chi connectivity index (χ3n) is 4.87. The van der Waals surface area contributed by atoms with Crippen LogP contribution < -0.4 is 4.74 Å². The molecule has 2 aliphatic heterocycles. The van der Waals surface area contributed by atoms with Crippen molar-refractivity contribution in [3.05, 3.63) is 29.8 Å². The number of benzene rings is 1. The molecule has 146 valence electrons. The molecular formula is C19H24N2O6. The van der Waals surface area contributed by atoms with Crippen molar-refractivity contribution >= 4 is 17.8 Å². The average molecular weight is 376 g/mol. The molecule has 0 aromatic heterocycles. The number of carbonyl (C=O) groups is 3. The van der Waals surface area contributed by atoms with E-state index in [-0.39, 0.29) is 11.8 Å². The normalized spacial score (nSPS) is 22.6. The molecule has 27 heavy (non-hydrogen) atoms. The fourth-order valence-electron chi connectivity index (χ4n) is 3.43. The van der Waals surface area contributed by atoms with Crippen molar-refractivity contribution in [1.29, 1.82) is 0 Å². The smallest absolute Gasteiger partial charge is 0.332 e. The van der Waals surface area contributed by atoms with Crippen LogP contribution in [0.4, 0.5) is 0 Å². The first-order chi connectivity index (χ1) is 13.0. The summed E-state index contributed by atoms with van der Waals surface area (Å²) in [6.07, 6.45) is -0.848. The number of ether oxygens (including phenoxy) is 2. The first kappa shape index (κ1) is 19.2. The van der Waals surface area contributed by atoms with Crippen molar-refractivity contribution in [2.24, 2.45) is 0 Å². The number of nitrogens with zero attached hydrogens (tertiary/aromatic N) is 2. The highest BCUT2D eigenvalue weighted by Gasteiger charge is 2.38. The van der Waals surface area contributed by atoms with Gasteiger partial charge in [-0.2, -0.15) is 0 Å². The second kappa shape index (κ2) is 8.39. The molecule has 0 spiro atoms. The molecule has 2 saturated heterocycles. The zero-order chi connectivity index (χ0) is 19.4. The van der Waals surface area contributed by atoms with Crippen molar-refractivity contribution in [3.8, 4) is 5.75 Å². The Bertz CT molecular complexity index is 714. The number of rotatable bonds is 5. The highest BCUT2D eigenvalue weighted by atomic mass is 16.5. The molecule has 3 rings (SSSR count). The molecule has 1 aromatic carbocycles. The van der Waals surface area contributed by atoms with Gasteiger partial charge < -0.3 is 24.4 Å². The van der Waals surface area contributed by atoms with E-state index in [4.69, 9.17) is 14.6 Å². The van der Waals surface area contributed by atoms with Crippen molar-refractivity contribution in [2.45, 2.75) is 32.0 Å². The average Bonchev–Trinajstić information content (AvgIpc) is 3.18. The Balaban J connectivity index is 1.57. The molecule has 2 fully saturated rings. The zero-order valence-corrected chi connectivity index (χ0v) is 15.3. The molecule has 2 heterocycles. The van der Waals surface area contributed by atoms with Crippen molar-refractivity contribution in [3.63, 3.8) is 0 Å². The molecule has 0 bridgehead atoms. The van der Waals surface area contributed by atoms with Gasteiger partial charge in [-0.05, 0) is 31.9 Å². The van der Waals surface area contributed by atoms with Crippen LogP contribution in [0.5, 0.6) is 5.75 Å². The lowest BCUT2D eigenvalue weighted by Gasteiger charge is -2.36. The minimum atomic E-state index is -1.03. The number of para-hydroxylation sites is 1. The molecule has 2 aliphatic rings. The number of hydrogen-bond donors (Lipinski definition) is 1. The summed E-state index contributed by atoms with van der Waals surface area (Å²) in [5.74, 6) is -0.786. The summed E-state index contributed by atoms with van der Waals surface area (Å²) < 4.78 is 10.9. The Morgan fingerprint density at radius 1 is 1.07 bits per heavy atom. The summed E-state index contributed by atoms with van der Waals surface area (Å²) in [4.78, 5) is 39.7. The molecule has 1 aromatic rings. The number of carboxylic acids is 1. The maximum atomic E-state index is 12.8. The molecule has 8 nitrogen and oxygen atoms in total. The number of carbonyl (C=O) groups excluding carboxylic acids is 2. The van der Waals surface area contributed by atoms with E-state index in [0.717, 1.165) is 0 Å². The highest BCUT2D eigenvalue weighted by molar-refractivity contribution is 5.97. The number of amides is 2. The minimum absolute atomic E-state index is 0.116. The second-order valence-electron chi connectivity index (χ2n) is 6.58. The summed E-state index contributed by atoms with van der Waals surface area (Å²) >= 11 is 0. The largest absolute Gasteiger partial charge is 0.493 e. The van der Waals surface area contributed by atoms with Crippen molar-refractivity contribution in [2.75, 3.05) is 32.8 Å². The Morgan fingerprint density at radius 3 is 2.33 bits per heavy atom. The van der Waals surface area contributed by atoms with Gasteiger partial charge in [0, 0.05) is 26.2 Å². The first-order valence-corrected chi connectivity index (χ1v) is 9.19. The lowest BCUT2D eigenvalue weighted by molar-refractivity contribution is -0.155. The lowest BCUT2D eigenvalue weighted by Crippen LogP contribution is -2.53. The molecule has 0 aliphatic carbocycles. The van der Waals surface area contributed by atoms with Gasteiger partial charge in [0.15, 0.2) is 6.10 Å². The van der Waals surface area contributed by atoms with Crippen LogP contribution in [-0.4, -0.2) is 77.7 Å². The Labute approximate surface area is 157 Å². The maximum absolute atomic E-state index is 12.8. The van der Waals surface area contributed by atoms with E-state index in [1.807, 2.05) is 13.0 Å². The third-order valence-corrected chi connectivity index (χ3v) is 4.87. The van der Waals surface area contributed by atoms with Gasteiger partial charge in [0.05, 0.1) is 12.2 Å². The molecule has 1 N–H and O–H groups in total. The molecule has 0 unspecified atom stereocenters. The number of aliphatic carboxylic acids is 1. The van der Waals surface area contributed by atoms with Crippen LogP contribution in [0.2, 0.25) is 0 Å². The summed E-state index contributed by atoms with van der Waals surface area (Å²) in [7, 11) is 0. The Morgan fingerprint density at radius 2 is 1.70 bits per heavy atom. The molecule has 0 saturated carbocycles. The Kier molecular flexibility index (Phi) is 5.95. The van der Waals surface area contributed by atoms with Crippen LogP contribution in [0.25, 0.3) is 0 Å². The SMILES string of the molecule is CCOc1ccccc1C(=O)N1CCN(C(=O)[C@@H]2CC[C@H](C(=O)O)O2)CC1.